The molecular formula is C16H20F3O5P. The number of halogens is 3. The molecule has 1 aromatic rings. The maximum absolute atomic E-state index is 12.9. The number of carbonyl (C=O) groups excluding carboxylic acids is 1. The molecule has 0 aromatic heterocycles. The summed E-state index contributed by atoms with van der Waals surface area (Å²) in [6.45, 7) is 4.62. The van der Waals surface area contributed by atoms with Gasteiger partial charge in [-0.3, -0.25) is 4.57 Å². The first-order chi connectivity index (χ1) is 11.7. The van der Waals surface area contributed by atoms with Crippen LogP contribution in [0.1, 0.15) is 31.9 Å². The minimum atomic E-state index is -4.54. The second-order valence-corrected chi connectivity index (χ2v) is 6.70. The fraction of sp³-hybridized carbons (Fsp3) is 0.438. The van der Waals surface area contributed by atoms with Crippen LogP contribution in [-0.2, 0) is 29.3 Å². The van der Waals surface area contributed by atoms with Crippen LogP contribution in [0.3, 0.4) is 0 Å². The number of rotatable bonds is 8. The smallest absolute Gasteiger partial charge is 0.416 e. The topological polar surface area (TPSA) is 61.8 Å². The molecular weight excluding hydrogens is 360 g/mol. The molecule has 0 atom stereocenters. The summed E-state index contributed by atoms with van der Waals surface area (Å²) in [4.78, 5) is 12.2. The normalized spacial score (nSPS) is 13.0. The number of esters is 1. The van der Waals surface area contributed by atoms with Gasteiger partial charge >= 0.3 is 19.7 Å². The molecule has 1 rings (SSSR count). The summed E-state index contributed by atoms with van der Waals surface area (Å²) in [5, 5.41) is -0.447. The van der Waals surface area contributed by atoms with Crippen molar-refractivity contribution in [3.05, 3.63) is 40.7 Å². The summed E-state index contributed by atoms with van der Waals surface area (Å²) in [6.07, 6.45) is -3.50. The minimum Gasteiger partial charge on any atom is -0.462 e. The van der Waals surface area contributed by atoms with Crippen LogP contribution in [0.2, 0.25) is 0 Å². The molecule has 0 N–H and O–H groups in total. The number of benzene rings is 1. The molecule has 0 unspecified atom stereocenters. The Balaban J connectivity index is 3.44. The van der Waals surface area contributed by atoms with Crippen LogP contribution >= 0.6 is 7.60 Å². The molecule has 5 nitrogen and oxygen atoms in total. The molecule has 25 heavy (non-hydrogen) atoms. The Kier molecular flexibility index (Phi) is 7.86. The first kappa shape index (κ1) is 21.4. The van der Waals surface area contributed by atoms with Crippen LogP contribution in [-0.4, -0.2) is 25.8 Å². The molecule has 0 aliphatic carbocycles. The maximum Gasteiger partial charge on any atom is 0.416 e. The number of carbonyl (C=O) groups is 1. The van der Waals surface area contributed by atoms with E-state index in [1.807, 2.05) is 0 Å². The Labute approximate surface area is 144 Å². The van der Waals surface area contributed by atoms with E-state index in [0.717, 1.165) is 18.2 Å². The molecule has 0 bridgehead atoms. The van der Waals surface area contributed by atoms with Crippen LogP contribution in [0.5, 0.6) is 0 Å². The van der Waals surface area contributed by atoms with E-state index < -0.39 is 30.6 Å². The van der Waals surface area contributed by atoms with Gasteiger partial charge in [-0.1, -0.05) is 12.1 Å². The highest BCUT2D eigenvalue weighted by molar-refractivity contribution is 7.60. The van der Waals surface area contributed by atoms with Crippen molar-refractivity contribution in [3.63, 3.8) is 0 Å². The zero-order valence-electron chi connectivity index (χ0n) is 14.1. The molecule has 0 fully saturated rings. The first-order valence-corrected chi connectivity index (χ1v) is 9.18. The van der Waals surface area contributed by atoms with Crippen molar-refractivity contribution >= 4 is 19.6 Å². The zero-order chi connectivity index (χ0) is 19.1. The molecule has 140 valence electrons. The highest BCUT2D eigenvalue weighted by Gasteiger charge is 2.36. The third-order valence-corrected chi connectivity index (χ3v) is 4.99. The lowest BCUT2D eigenvalue weighted by Gasteiger charge is -2.19. The molecule has 1 aromatic carbocycles. The lowest BCUT2D eigenvalue weighted by molar-refractivity contribution is -0.138. The molecule has 0 heterocycles. The van der Waals surface area contributed by atoms with Gasteiger partial charge in [0.05, 0.1) is 25.4 Å². The highest BCUT2D eigenvalue weighted by Crippen LogP contribution is 2.57. The lowest BCUT2D eigenvalue weighted by atomic mass is 10.1. The van der Waals surface area contributed by atoms with Crippen molar-refractivity contribution < 1.29 is 36.3 Å². The average molecular weight is 380 g/mol. The fourth-order valence-electron chi connectivity index (χ4n) is 1.93. The van der Waals surface area contributed by atoms with Gasteiger partial charge < -0.3 is 13.8 Å². The standard InChI is InChI=1S/C16H20F3O5P/c1-4-22-15(20)14(25(21,23-5-2)24-6-3)11-12-8-7-9-13(10-12)16(17,18)19/h7-11H,4-6H2,1-3H3. The van der Waals surface area contributed by atoms with Crippen LogP contribution in [0.4, 0.5) is 13.2 Å². The Morgan fingerprint density at radius 1 is 1.12 bits per heavy atom. The summed E-state index contributed by atoms with van der Waals surface area (Å²) in [6, 6.07) is 4.26. The van der Waals surface area contributed by atoms with E-state index in [2.05, 4.69) is 0 Å². The van der Waals surface area contributed by atoms with Crippen molar-refractivity contribution in [2.45, 2.75) is 26.9 Å². The molecule has 0 aliphatic rings. The number of alkyl halides is 3. The molecule has 0 aliphatic heterocycles. The number of hydrogen-bond donors (Lipinski definition) is 0. The molecule has 0 spiro atoms. The molecule has 0 radical (unpaired) electrons. The SMILES string of the molecule is CCOC(=O)C(=Cc1cccc(C(F)(F)F)c1)P(=O)(OCC)OCC. The fourth-order valence-corrected chi connectivity index (χ4v) is 3.56. The largest absolute Gasteiger partial charge is 0.462 e. The minimum absolute atomic E-state index is 0.00296. The van der Waals surface area contributed by atoms with Gasteiger partial charge in [-0.05, 0) is 44.5 Å². The molecule has 0 saturated heterocycles. The van der Waals surface area contributed by atoms with E-state index in [1.165, 1.54) is 12.1 Å². The summed E-state index contributed by atoms with van der Waals surface area (Å²) >= 11 is 0. The Bertz CT molecular complexity index is 660. The predicted molar refractivity (Wildman–Crippen MR) is 86.9 cm³/mol. The van der Waals surface area contributed by atoms with E-state index in [4.69, 9.17) is 13.8 Å². The first-order valence-electron chi connectivity index (χ1n) is 7.63. The molecule has 0 saturated carbocycles. The summed E-state index contributed by atoms with van der Waals surface area (Å²) in [5.74, 6) is -0.967. The van der Waals surface area contributed by atoms with Crippen molar-refractivity contribution in [1.29, 1.82) is 0 Å². The monoisotopic (exact) mass is 380 g/mol. The molecule has 0 amide bonds. The quantitative estimate of drug-likeness (QED) is 0.366. The van der Waals surface area contributed by atoms with Gasteiger partial charge in [-0.25, -0.2) is 4.79 Å². The van der Waals surface area contributed by atoms with E-state index in [9.17, 15) is 22.5 Å². The summed E-state index contributed by atoms with van der Waals surface area (Å²) in [5.41, 5.74) is -0.871. The summed E-state index contributed by atoms with van der Waals surface area (Å²) in [7, 11) is -4.03. The molecule has 9 heteroatoms. The van der Waals surface area contributed by atoms with E-state index in [-0.39, 0.29) is 25.4 Å². The Hall–Kier alpha value is -1.63. The maximum atomic E-state index is 12.9. The highest BCUT2D eigenvalue weighted by atomic mass is 31.2. The Morgan fingerprint density at radius 3 is 2.20 bits per heavy atom. The van der Waals surface area contributed by atoms with Crippen molar-refractivity contribution in [2.75, 3.05) is 19.8 Å². The van der Waals surface area contributed by atoms with Gasteiger partial charge in [0.15, 0.2) is 0 Å². The third kappa shape index (κ3) is 5.99. The van der Waals surface area contributed by atoms with Crippen LogP contribution in [0.15, 0.2) is 29.6 Å². The number of hydrogen-bond acceptors (Lipinski definition) is 5. The van der Waals surface area contributed by atoms with E-state index >= 15 is 0 Å². The van der Waals surface area contributed by atoms with Gasteiger partial charge in [-0.2, -0.15) is 13.2 Å². The predicted octanol–water partition coefficient (Wildman–Crippen LogP) is 4.88. The van der Waals surface area contributed by atoms with Gasteiger partial charge in [-0.15, -0.1) is 0 Å². The van der Waals surface area contributed by atoms with Gasteiger partial charge in [0.1, 0.15) is 5.31 Å². The van der Waals surface area contributed by atoms with Gasteiger partial charge in [0, 0.05) is 0 Å². The summed E-state index contributed by atoms with van der Waals surface area (Å²) < 4.78 is 66.5. The van der Waals surface area contributed by atoms with Gasteiger partial charge in [0.2, 0.25) is 0 Å². The van der Waals surface area contributed by atoms with Crippen LogP contribution < -0.4 is 0 Å². The zero-order valence-corrected chi connectivity index (χ0v) is 15.0. The van der Waals surface area contributed by atoms with Crippen molar-refractivity contribution in [3.8, 4) is 0 Å². The van der Waals surface area contributed by atoms with Crippen molar-refractivity contribution in [2.24, 2.45) is 0 Å². The second kappa shape index (κ2) is 9.17. The lowest BCUT2D eigenvalue weighted by Crippen LogP contribution is -2.11. The van der Waals surface area contributed by atoms with Crippen molar-refractivity contribution in [1.82, 2.24) is 0 Å². The van der Waals surface area contributed by atoms with E-state index in [0.29, 0.717) is 0 Å². The number of ether oxygens (including phenoxy) is 1. The Morgan fingerprint density at radius 2 is 1.72 bits per heavy atom. The van der Waals surface area contributed by atoms with E-state index in [1.54, 1.807) is 20.8 Å². The van der Waals surface area contributed by atoms with Crippen LogP contribution in [0, 0.1) is 0 Å². The third-order valence-electron chi connectivity index (χ3n) is 2.90. The second-order valence-electron chi connectivity index (χ2n) is 4.71. The average Bonchev–Trinajstić information content (AvgIpc) is 2.52. The van der Waals surface area contributed by atoms with Gasteiger partial charge in [0.25, 0.3) is 0 Å². The van der Waals surface area contributed by atoms with Crippen LogP contribution in [0.25, 0.3) is 6.08 Å².